The Morgan fingerprint density at radius 3 is 2.94 bits per heavy atom. The predicted molar refractivity (Wildman–Crippen MR) is 60.8 cm³/mol. The van der Waals surface area contributed by atoms with Gasteiger partial charge in [-0.2, -0.15) is 5.10 Å². The number of ketones is 1. The molecule has 1 aliphatic rings. The monoisotopic (exact) mass is 212 g/mol. The zero-order valence-electron chi connectivity index (χ0n) is 8.89. The van der Waals surface area contributed by atoms with Crippen molar-refractivity contribution >= 4 is 5.78 Å². The maximum Gasteiger partial charge on any atom is 0.165 e. The summed E-state index contributed by atoms with van der Waals surface area (Å²) in [6.45, 7) is 0. The first-order valence-electron chi connectivity index (χ1n) is 5.51. The fourth-order valence-electron chi connectivity index (χ4n) is 2.28. The lowest BCUT2D eigenvalue weighted by molar-refractivity contribution is 0.0972. The Labute approximate surface area is 93.7 Å². The van der Waals surface area contributed by atoms with Crippen molar-refractivity contribution in [1.82, 2.24) is 9.78 Å². The molecule has 0 radical (unpaired) electrons. The molecule has 0 fully saturated rings. The van der Waals surface area contributed by atoms with Crippen LogP contribution in [0.4, 0.5) is 0 Å². The molecule has 0 spiro atoms. The van der Waals surface area contributed by atoms with Crippen LogP contribution in [-0.4, -0.2) is 15.6 Å². The molecule has 0 saturated heterocycles. The zero-order chi connectivity index (χ0) is 11.0. The molecular weight excluding hydrogens is 200 g/mol. The lowest BCUT2D eigenvalue weighted by atomic mass is 9.89. The van der Waals surface area contributed by atoms with Gasteiger partial charge in [-0.1, -0.05) is 12.1 Å². The van der Waals surface area contributed by atoms with E-state index >= 15 is 0 Å². The van der Waals surface area contributed by atoms with Gasteiger partial charge in [0.05, 0.1) is 5.69 Å². The minimum absolute atomic E-state index is 0.243. The van der Waals surface area contributed by atoms with Gasteiger partial charge in [0.2, 0.25) is 0 Å². The number of aryl methyl sites for hydroxylation is 1. The van der Waals surface area contributed by atoms with E-state index in [0.29, 0.717) is 6.42 Å². The average molecular weight is 212 g/mol. The molecule has 3 rings (SSSR count). The molecule has 1 aromatic carbocycles. The Bertz CT molecular complexity index is 529. The van der Waals surface area contributed by atoms with Gasteiger partial charge < -0.3 is 0 Å². The van der Waals surface area contributed by atoms with Gasteiger partial charge in [-0.05, 0) is 30.5 Å². The van der Waals surface area contributed by atoms with Crippen LogP contribution in [0, 0.1) is 0 Å². The quantitative estimate of drug-likeness (QED) is 0.727. The van der Waals surface area contributed by atoms with Gasteiger partial charge in [0.1, 0.15) is 0 Å². The number of fused-ring (bicyclic) bond motifs is 1. The average Bonchev–Trinajstić information content (AvgIpc) is 2.82. The fraction of sp³-hybridized carbons (Fsp3) is 0.231. The van der Waals surface area contributed by atoms with Crippen LogP contribution in [-0.2, 0) is 6.42 Å². The van der Waals surface area contributed by atoms with Crippen LogP contribution in [0.5, 0.6) is 0 Å². The fourth-order valence-corrected chi connectivity index (χ4v) is 2.28. The standard InChI is InChI=1S/C13H12N2O/c16-12-7-2-5-10-4-1-6-11(13(10)12)15-9-3-8-14-15/h1,3-4,6,8-9H,2,5,7H2. The third-order valence-electron chi connectivity index (χ3n) is 3.01. The van der Waals surface area contributed by atoms with E-state index < -0.39 is 0 Å². The van der Waals surface area contributed by atoms with Crippen LogP contribution >= 0.6 is 0 Å². The minimum Gasteiger partial charge on any atom is -0.294 e. The first kappa shape index (κ1) is 9.33. The summed E-state index contributed by atoms with van der Waals surface area (Å²) < 4.78 is 1.77. The number of rotatable bonds is 1. The number of carbonyl (C=O) groups excluding carboxylic acids is 1. The molecule has 3 heteroatoms. The number of hydrogen-bond acceptors (Lipinski definition) is 2. The third kappa shape index (κ3) is 1.36. The van der Waals surface area contributed by atoms with Gasteiger partial charge in [-0.3, -0.25) is 4.79 Å². The lowest BCUT2D eigenvalue weighted by Crippen LogP contribution is -2.14. The molecule has 0 N–H and O–H groups in total. The highest BCUT2D eigenvalue weighted by Crippen LogP contribution is 2.26. The van der Waals surface area contributed by atoms with Crippen molar-refractivity contribution in [1.29, 1.82) is 0 Å². The van der Waals surface area contributed by atoms with Crippen molar-refractivity contribution in [3.8, 4) is 5.69 Å². The van der Waals surface area contributed by atoms with Crippen molar-refractivity contribution in [2.75, 3.05) is 0 Å². The molecule has 3 nitrogen and oxygen atoms in total. The summed E-state index contributed by atoms with van der Waals surface area (Å²) >= 11 is 0. The van der Waals surface area contributed by atoms with Crippen LogP contribution in [0.3, 0.4) is 0 Å². The summed E-state index contributed by atoms with van der Waals surface area (Å²) in [4.78, 5) is 12.0. The van der Waals surface area contributed by atoms with E-state index in [2.05, 4.69) is 5.10 Å². The SMILES string of the molecule is O=C1CCCc2cccc(-n3cccn3)c21. The van der Waals surface area contributed by atoms with Crippen molar-refractivity contribution in [2.24, 2.45) is 0 Å². The molecular formula is C13H12N2O. The summed E-state index contributed by atoms with van der Waals surface area (Å²) in [5.41, 5.74) is 2.92. The van der Waals surface area contributed by atoms with Crippen LogP contribution in [0.25, 0.3) is 5.69 Å². The Kier molecular flexibility index (Phi) is 2.10. The Morgan fingerprint density at radius 1 is 1.19 bits per heavy atom. The Hall–Kier alpha value is -1.90. The van der Waals surface area contributed by atoms with Gasteiger partial charge in [-0.15, -0.1) is 0 Å². The minimum atomic E-state index is 0.243. The Balaban J connectivity index is 2.23. The second kappa shape index (κ2) is 3.59. The van der Waals surface area contributed by atoms with E-state index in [4.69, 9.17) is 0 Å². The van der Waals surface area contributed by atoms with Crippen LogP contribution in [0.15, 0.2) is 36.7 Å². The summed E-state index contributed by atoms with van der Waals surface area (Å²) in [7, 11) is 0. The van der Waals surface area contributed by atoms with Crippen molar-refractivity contribution < 1.29 is 4.79 Å². The molecule has 0 atom stereocenters. The molecule has 0 aliphatic heterocycles. The zero-order valence-corrected chi connectivity index (χ0v) is 8.89. The van der Waals surface area contributed by atoms with Crippen molar-refractivity contribution in [3.63, 3.8) is 0 Å². The lowest BCUT2D eigenvalue weighted by Gasteiger charge is -2.17. The van der Waals surface area contributed by atoms with Crippen LogP contribution in [0.2, 0.25) is 0 Å². The molecule has 0 unspecified atom stereocenters. The van der Waals surface area contributed by atoms with E-state index in [9.17, 15) is 4.79 Å². The highest BCUT2D eigenvalue weighted by Gasteiger charge is 2.21. The molecule has 80 valence electrons. The highest BCUT2D eigenvalue weighted by atomic mass is 16.1. The number of hydrogen-bond donors (Lipinski definition) is 0. The number of Topliss-reactive ketones (excluding diaryl/α,β-unsaturated/α-hetero) is 1. The maximum atomic E-state index is 12.0. The van der Waals surface area contributed by atoms with Gasteiger partial charge in [0, 0.05) is 24.4 Å². The molecule has 16 heavy (non-hydrogen) atoms. The van der Waals surface area contributed by atoms with E-state index in [1.807, 2.05) is 30.5 Å². The maximum absolute atomic E-state index is 12.0. The van der Waals surface area contributed by atoms with Crippen molar-refractivity contribution in [3.05, 3.63) is 47.8 Å². The molecule has 0 amide bonds. The second-order valence-electron chi connectivity index (χ2n) is 4.04. The van der Waals surface area contributed by atoms with Crippen molar-refractivity contribution in [2.45, 2.75) is 19.3 Å². The van der Waals surface area contributed by atoms with Gasteiger partial charge in [-0.25, -0.2) is 4.68 Å². The molecule has 1 heterocycles. The molecule has 2 aromatic rings. The van der Waals surface area contributed by atoms with Crippen LogP contribution in [0.1, 0.15) is 28.8 Å². The van der Waals surface area contributed by atoms with E-state index in [1.54, 1.807) is 10.9 Å². The summed E-state index contributed by atoms with van der Waals surface area (Å²) in [5, 5.41) is 4.19. The van der Waals surface area contributed by atoms with Crippen LogP contribution < -0.4 is 0 Å². The Morgan fingerprint density at radius 2 is 2.12 bits per heavy atom. The molecule has 1 aromatic heterocycles. The van der Waals surface area contributed by atoms with E-state index in [0.717, 1.165) is 29.7 Å². The topological polar surface area (TPSA) is 34.9 Å². The van der Waals surface area contributed by atoms with E-state index in [1.165, 1.54) is 0 Å². The number of benzene rings is 1. The normalized spacial score (nSPS) is 14.9. The van der Waals surface area contributed by atoms with Gasteiger partial charge >= 0.3 is 0 Å². The van der Waals surface area contributed by atoms with Gasteiger partial charge in [0.25, 0.3) is 0 Å². The largest absolute Gasteiger partial charge is 0.294 e. The highest BCUT2D eigenvalue weighted by molar-refractivity contribution is 6.01. The molecule has 0 bridgehead atoms. The first-order valence-corrected chi connectivity index (χ1v) is 5.51. The molecule has 0 saturated carbocycles. The number of aromatic nitrogens is 2. The predicted octanol–water partition coefficient (Wildman–Crippen LogP) is 2.39. The first-order chi connectivity index (χ1) is 7.86. The third-order valence-corrected chi connectivity index (χ3v) is 3.01. The summed E-state index contributed by atoms with van der Waals surface area (Å²) in [6, 6.07) is 7.86. The second-order valence-corrected chi connectivity index (χ2v) is 4.04. The smallest absolute Gasteiger partial charge is 0.165 e. The van der Waals surface area contributed by atoms with Gasteiger partial charge in [0.15, 0.2) is 5.78 Å². The summed E-state index contributed by atoms with van der Waals surface area (Å²) in [5.74, 6) is 0.243. The number of carbonyl (C=O) groups is 1. The van der Waals surface area contributed by atoms with E-state index in [-0.39, 0.29) is 5.78 Å². The molecule has 1 aliphatic carbocycles. The number of nitrogens with zero attached hydrogens (tertiary/aromatic N) is 2. The summed E-state index contributed by atoms with van der Waals surface area (Å²) in [6.07, 6.45) is 6.22.